The second-order valence-corrected chi connectivity index (χ2v) is 12.1. The number of hydrogen-bond donors (Lipinski definition) is 4. The molecule has 0 aromatic carbocycles. The van der Waals surface area contributed by atoms with Crippen molar-refractivity contribution in [1.29, 1.82) is 0 Å². The van der Waals surface area contributed by atoms with Crippen molar-refractivity contribution in [2.45, 2.75) is 193 Å². The number of nitrogens with one attached hydrogen (secondary N) is 1. The van der Waals surface area contributed by atoms with Crippen molar-refractivity contribution in [3.05, 3.63) is 24.3 Å². The molecular formula is C36H69NO4. The Balaban J connectivity index is 3.75. The van der Waals surface area contributed by atoms with Crippen LogP contribution < -0.4 is 5.32 Å². The predicted octanol–water partition coefficient (Wildman–Crippen LogP) is 9.09. The maximum absolute atomic E-state index is 12.3. The first kappa shape index (κ1) is 39.8. The number of unbranched alkanes of at least 4 members (excludes halogenated alkanes) is 20. The van der Waals surface area contributed by atoms with Gasteiger partial charge in [-0.2, -0.15) is 0 Å². The second-order valence-electron chi connectivity index (χ2n) is 12.1. The molecule has 0 fully saturated rings. The summed E-state index contributed by atoms with van der Waals surface area (Å²) in [5.41, 5.74) is 0. The molecule has 0 radical (unpaired) electrons. The average molecular weight is 580 g/mol. The minimum Gasteiger partial charge on any atom is -0.394 e. The SMILES string of the molecule is CCCCCC/C=C/C=C/CCCCCCCC(=O)N[C@@H](CO)[C@@H](O)[C@@H](O)CCCCCCCCCCCCCC. The molecule has 0 aliphatic heterocycles. The van der Waals surface area contributed by atoms with Crippen molar-refractivity contribution in [2.24, 2.45) is 0 Å². The molecule has 0 bridgehead atoms. The quantitative estimate of drug-likeness (QED) is 0.0487. The average Bonchev–Trinajstić information content (AvgIpc) is 2.97. The monoisotopic (exact) mass is 580 g/mol. The Morgan fingerprint density at radius 1 is 0.610 bits per heavy atom. The van der Waals surface area contributed by atoms with Crippen LogP contribution in [0.25, 0.3) is 0 Å². The Kier molecular flexibility index (Phi) is 30.9. The van der Waals surface area contributed by atoms with Crippen LogP contribution in [-0.2, 0) is 4.79 Å². The molecule has 0 spiro atoms. The first-order chi connectivity index (χ1) is 20.1. The topological polar surface area (TPSA) is 89.8 Å². The molecule has 0 saturated carbocycles. The van der Waals surface area contributed by atoms with E-state index in [1.165, 1.54) is 96.3 Å². The van der Waals surface area contributed by atoms with Crippen LogP contribution in [0.2, 0.25) is 0 Å². The molecule has 0 aromatic rings. The second kappa shape index (κ2) is 31.8. The van der Waals surface area contributed by atoms with Gasteiger partial charge in [-0.3, -0.25) is 4.79 Å². The van der Waals surface area contributed by atoms with E-state index in [0.717, 1.165) is 51.4 Å². The number of rotatable bonds is 31. The summed E-state index contributed by atoms with van der Waals surface area (Å²) in [7, 11) is 0. The largest absolute Gasteiger partial charge is 0.394 e. The highest BCUT2D eigenvalue weighted by atomic mass is 16.3. The van der Waals surface area contributed by atoms with E-state index in [0.29, 0.717) is 12.8 Å². The van der Waals surface area contributed by atoms with E-state index in [2.05, 4.69) is 43.5 Å². The van der Waals surface area contributed by atoms with Gasteiger partial charge in [0.1, 0.15) is 6.10 Å². The third-order valence-electron chi connectivity index (χ3n) is 8.09. The third-order valence-corrected chi connectivity index (χ3v) is 8.09. The van der Waals surface area contributed by atoms with Gasteiger partial charge in [0, 0.05) is 6.42 Å². The van der Waals surface area contributed by atoms with Crippen LogP contribution in [0.15, 0.2) is 24.3 Å². The fourth-order valence-electron chi connectivity index (χ4n) is 5.27. The highest BCUT2D eigenvalue weighted by Crippen LogP contribution is 2.15. The highest BCUT2D eigenvalue weighted by molar-refractivity contribution is 5.76. The van der Waals surface area contributed by atoms with Crippen LogP contribution in [-0.4, -0.2) is 46.1 Å². The molecule has 1 amide bonds. The number of hydrogen-bond acceptors (Lipinski definition) is 4. The first-order valence-corrected chi connectivity index (χ1v) is 17.6. The van der Waals surface area contributed by atoms with Gasteiger partial charge in [0.25, 0.3) is 0 Å². The van der Waals surface area contributed by atoms with Crippen LogP contribution in [0.1, 0.15) is 174 Å². The molecule has 0 aromatic heterocycles. The number of carbonyl (C=O) groups is 1. The molecule has 242 valence electrons. The zero-order valence-electron chi connectivity index (χ0n) is 27.2. The maximum atomic E-state index is 12.3. The molecule has 0 aliphatic carbocycles. The van der Waals surface area contributed by atoms with Gasteiger partial charge in [-0.25, -0.2) is 0 Å². The molecule has 0 heterocycles. The predicted molar refractivity (Wildman–Crippen MR) is 176 cm³/mol. The van der Waals surface area contributed by atoms with Crippen molar-refractivity contribution < 1.29 is 20.1 Å². The normalized spacial score (nSPS) is 14.2. The lowest BCUT2D eigenvalue weighted by Gasteiger charge is -2.26. The summed E-state index contributed by atoms with van der Waals surface area (Å²) < 4.78 is 0. The van der Waals surface area contributed by atoms with Crippen LogP contribution in [0, 0.1) is 0 Å². The third kappa shape index (κ3) is 27.4. The number of amides is 1. The van der Waals surface area contributed by atoms with Crippen LogP contribution in [0.4, 0.5) is 0 Å². The van der Waals surface area contributed by atoms with Crippen LogP contribution in [0.5, 0.6) is 0 Å². The zero-order valence-corrected chi connectivity index (χ0v) is 27.2. The Bertz CT molecular complexity index is 606. The van der Waals surface area contributed by atoms with E-state index >= 15 is 0 Å². The molecule has 41 heavy (non-hydrogen) atoms. The molecule has 0 unspecified atom stereocenters. The molecule has 4 N–H and O–H groups in total. The van der Waals surface area contributed by atoms with Crippen molar-refractivity contribution in [3.8, 4) is 0 Å². The molecule has 0 rings (SSSR count). The van der Waals surface area contributed by atoms with Gasteiger partial charge in [-0.05, 0) is 38.5 Å². The molecule has 5 heteroatoms. The summed E-state index contributed by atoms with van der Waals surface area (Å²) in [6.45, 7) is 4.12. The summed E-state index contributed by atoms with van der Waals surface area (Å²) in [5, 5.41) is 33.3. The van der Waals surface area contributed by atoms with Gasteiger partial charge in [-0.1, -0.05) is 154 Å². The lowest BCUT2D eigenvalue weighted by Crippen LogP contribution is -2.50. The lowest BCUT2D eigenvalue weighted by atomic mass is 9.99. The van der Waals surface area contributed by atoms with Crippen LogP contribution >= 0.6 is 0 Å². The number of aliphatic hydroxyl groups is 3. The van der Waals surface area contributed by atoms with Gasteiger partial charge in [0.2, 0.25) is 5.91 Å². The fourth-order valence-corrected chi connectivity index (χ4v) is 5.27. The van der Waals surface area contributed by atoms with Gasteiger partial charge >= 0.3 is 0 Å². The van der Waals surface area contributed by atoms with Gasteiger partial charge in [0.15, 0.2) is 0 Å². The zero-order chi connectivity index (χ0) is 30.2. The fraction of sp³-hybridized carbons (Fsp3) is 0.861. The van der Waals surface area contributed by atoms with E-state index in [1.54, 1.807) is 0 Å². The smallest absolute Gasteiger partial charge is 0.220 e. The van der Waals surface area contributed by atoms with Crippen molar-refractivity contribution >= 4 is 5.91 Å². The van der Waals surface area contributed by atoms with E-state index in [9.17, 15) is 20.1 Å². The Morgan fingerprint density at radius 3 is 1.51 bits per heavy atom. The molecule has 5 nitrogen and oxygen atoms in total. The van der Waals surface area contributed by atoms with Gasteiger partial charge in [0.05, 0.1) is 18.8 Å². The maximum Gasteiger partial charge on any atom is 0.220 e. The molecule has 0 saturated heterocycles. The minimum absolute atomic E-state index is 0.162. The number of carbonyl (C=O) groups excluding carboxylic acids is 1. The van der Waals surface area contributed by atoms with Crippen molar-refractivity contribution in [3.63, 3.8) is 0 Å². The number of aliphatic hydroxyl groups excluding tert-OH is 3. The Labute approximate surface area is 254 Å². The molecule has 0 aliphatic rings. The van der Waals surface area contributed by atoms with Crippen molar-refractivity contribution in [1.82, 2.24) is 5.32 Å². The van der Waals surface area contributed by atoms with E-state index in [4.69, 9.17) is 0 Å². The summed E-state index contributed by atoms with van der Waals surface area (Å²) in [5.74, 6) is -0.162. The van der Waals surface area contributed by atoms with Crippen molar-refractivity contribution in [2.75, 3.05) is 6.61 Å². The Morgan fingerprint density at radius 2 is 1.02 bits per heavy atom. The molecular weight excluding hydrogens is 510 g/mol. The summed E-state index contributed by atoms with van der Waals surface area (Å²) in [4.78, 5) is 12.3. The summed E-state index contributed by atoms with van der Waals surface area (Å²) in [6.07, 6.45) is 35.4. The Hall–Kier alpha value is -1.17. The first-order valence-electron chi connectivity index (χ1n) is 17.6. The summed E-state index contributed by atoms with van der Waals surface area (Å²) >= 11 is 0. The van der Waals surface area contributed by atoms with E-state index < -0.39 is 18.2 Å². The van der Waals surface area contributed by atoms with Gasteiger partial charge in [-0.15, -0.1) is 0 Å². The minimum atomic E-state index is -1.14. The van der Waals surface area contributed by atoms with Crippen LogP contribution in [0.3, 0.4) is 0 Å². The lowest BCUT2D eigenvalue weighted by molar-refractivity contribution is -0.124. The van der Waals surface area contributed by atoms with E-state index in [-0.39, 0.29) is 12.5 Å². The standard InChI is InChI=1S/C36H69NO4/c1-3-5-7-9-11-13-15-17-18-19-21-23-25-27-29-31-35(40)37-33(32-38)36(41)34(39)30-28-26-24-22-20-16-14-12-10-8-6-4-2/h13,15,17-18,33-34,36,38-39,41H,3-12,14,16,19-32H2,1-2H3,(H,37,40)/b15-13+,18-17+/t33-,34-,36+/m0/s1. The number of allylic oxidation sites excluding steroid dienone is 4. The van der Waals surface area contributed by atoms with Gasteiger partial charge < -0.3 is 20.6 Å². The van der Waals surface area contributed by atoms with E-state index in [1.807, 2.05) is 0 Å². The highest BCUT2D eigenvalue weighted by Gasteiger charge is 2.26. The molecule has 3 atom stereocenters. The summed E-state index contributed by atoms with van der Waals surface area (Å²) in [6, 6.07) is -0.813.